The molecule has 0 radical (unpaired) electrons. The van der Waals surface area contributed by atoms with E-state index in [1.54, 1.807) is 0 Å². The van der Waals surface area contributed by atoms with Gasteiger partial charge in [0.2, 0.25) is 5.95 Å². The molecular weight excluding hydrogens is 457 g/mol. The fraction of sp³-hybridized carbons (Fsp3) is 0.250. The van der Waals surface area contributed by atoms with Crippen LogP contribution in [0.1, 0.15) is 24.0 Å². The molecule has 3 heterocycles. The molecule has 2 aliphatic rings. The molecule has 1 fully saturated rings. The molecule has 2 aromatic carbocycles. The van der Waals surface area contributed by atoms with Crippen molar-refractivity contribution in [2.24, 2.45) is 0 Å². The van der Waals surface area contributed by atoms with Crippen molar-refractivity contribution in [3.8, 4) is 5.69 Å². The maximum atomic E-state index is 13.8. The summed E-state index contributed by atoms with van der Waals surface area (Å²) >= 11 is 6.17. The zero-order chi connectivity index (χ0) is 23.6. The second-order valence-corrected chi connectivity index (χ2v) is 9.50. The van der Waals surface area contributed by atoms with Crippen LogP contribution in [-0.2, 0) is 12.0 Å². The molecule has 1 saturated carbocycles. The summed E-state index contributed by atoms with van der Waals surface area (Å²) in [5.74, 6) is -0.225. The Balaban J connectivity index is 1.36. The van der Waals surface area contributed by atoms with Crippen LogP contribution in [0.15, 0.2) is 47.4 Å². The van der Waals surface area contributed by atoms with Crippen LogP contribution in [0, 0.1) is 5.82 Å². The molecule has 2 aromatic heterocycles. The van der Waals surface area contributed by atoms with Gasteiger partial charge in [0.1, 0.15) is 11.6 Å². The van der Waals surface area contributed by atoms with Crippen molar-refractivity contribution in [2.45, 2.75) is 24.8 Å². The van der Waals surface area contributed by atoms with Crippen molar-refractivity contribution < 1.29 is 4.39 Å². The fourth-order valence-electron chi connectivity index (χ4n) is 4.93. The summed E-state index contributed by atoms with van der Waals surface area (Å²) in [6.45, 7) is 2.00. The number of nitrogen functional groups attached to an aromatic ring is 1. The Morgan fingerprint density at radius 1 is 1.18 bits per heavy atom. The molecule has 0 atom stereocenters. The zero-order valence-corrected chi connectivity index (χ0v) is 19.1. The average molecular weight is 478 g/mol. The summed E-state index contributed by atoms with van der Waals surface area (Å²) in [7, 11) is 2.15. The molecule has 1 aliphatic carbocycles. The summed E-state index contributed by atoms with van der Waals surface area (Å²) in [5.41, 5.74) is 9.66. The normalized spacial score (nSPS) is 16.6. The molecule has 3 N–H and O–H groups in total. The van der Waals surface area contributed by atoms with Crippen molar-refractivity contribution in [1.29, 1.82) is 0 Å². The van der Waals surface area contributed by atoms with Crippen molar-refractivity contribution in [3.63, 3.8) is 0 Å². The fourth-order valence-corrected chi connectivity index (χ4v) is 5.13. The number of aromatic nitrogens is 4. The predicted molar refractivity (Wildman–Crippen MR) is 129 cm³/mol. The lowest BCUT2D eigenvalue weighted by atomic mass is 9.87. The summed E-state index contributed by atoms with van der Waals surface area (Å²) in [4.78, 5) is 27.9. The molecule has 0 amide bonds. The quantitative estimate of drug-likeness (QED) is 0.463. The van der Waals surface area contributed by atoms with Gasteiger partial charge in [-0.25, -0.2) is 18.7 Å². The highest BCUT2D eigenvalue weighted by Gasteiger charge is 2.48. The topological polar surface area (TPSA) is 102 Å². The minimum absolute atomic E-state index is 0.0283. The highest BCUT2D eigenvalue weighted by Crippen LogP contribution is 2.52. The van der Waals surface area contributed by atoms with Gasteiger partial charge in [-0.3, -0.25) is 0 Å². The number of hydrogen-bond acceptors (Lipinski definition) is 7. The van der Waals surface area contributed by atoms with Crippen LogP contribution >= 0.6 is 11.6 Å². The first-order chi connectivity index (χ1) is 16.3. The molecule has 34 heavy (non-hydrogen) atoms. The van der Waals surface area contributed by atoms with Crippen LogP contribution in [0.25, 0.3) is 16.7 Å². The smallest absolute Gasteiger partial charge is 0.355 e. The molecule has 1 spiro atoms. The molecule has 172 valence electrons. The van der Waals surface area contributed by atoms with E-state index in [-0.39, 0.29) is 22.2 Å². The summed E-state index contributed by atoms with van der Waals surface area (Å²) in [5, 5.41) is 3.73. The van der Waals surface area contributed by atoms with E-state index in [2.05, 4.69) is 44.3 Å². The van der Waals surface area contributed by atoms with E-state index < -0.39 is 11.5 Å². The first kappa shape index (κ1) is 21.0. The number of anilines is 3. The maximum Gasteiger partial charge on any atom is 0.355 e. The largest absolute Gasteiger partial charge is 0.384 e. The lowest BCUT2D eigenvalue weighted by Gasteiger charge is -2.32. The van der Waals surface area contributed by atoms with Gasteiger partial charge in [0.15, 0.2) is 5.65 Å². The number of nitrogens with two attached hydrogens (primary N) is 1. The highest BCUT2D eigenvalue weighted by atomic mass is 35.5. The number of halogens is 2. The van der Waals surface area contributed by atoms with Crippen molar-refractivity contribution in [3.05, 3.63) is 75.0 Å². The summed E-state index contributed by atoms with van der Waals surface area (Å²) in [6.07, 6.45) is 3.95. The van der Waals surface area contributed by atoms with Crippen LogP contribution in [0.3, 0.4) is 0 Å². The van der Waals surface area contributed by atoms with Gasteiger partial charge in [0.25, 0.3) is 0 Å². The van der Waals surface area contributed by atoms with Crippen molar-refractivity contribution in [2.75, 3.05) is 24.6 Å². The van der Waals surface area contributed by atoms with Crippen LogP contribution in [0.5, 0.6) is 0 Å². The Kier molecular flexibility index (Phi) is 4.62. The maximum absolute atomic E-state index is 13.8. The van der Waals surface area contributed by atoms with E-state index in [1.165, 1.54) is 42.3 Å². The molecule has 10 heteroatoms. The highest BCUT2D eigenvalue weighted by molar-refractivity contribution is 6.32. The van der Waals surface area contributed by atoms with Gasteiger partial charge < -0.3 is 16.0 Å². The third-order valence-electron chi connectivity index (χ3n) is 6.63. The Labute approximate surface area is 199 Å². The van der Waals surface area contributed by atoms with Gasteiger partial charge in [-0.15, -0.1) is 0 Å². The van der Waals surface area contributed by atoms with Gasteiger partial charge in [0.05, 0.1) is 16.1 Å². The first-order valence-electron chi connectivity index (χ1n) is 10.9. The van der Waals surface area contributed by atoms with E-state index >= 15 is 0 Å². The Hall–Kier alpha value is -3.56. The SMILES string of the molecule is CN1Cc2cc(Nc3ncc4c(N)n(-c5cc(F)ccc5Cl)c(=O)nc4n3)ccc2C2(CC2)C1. The van der Waals surface area contributed by atoms with E-state index in [0.717, 1.165) is 29.4 Å². The Morgan fingerprint density at radius 3 is 2.79 bits per heavy atom. The number of nitrogens with zero attached hydrogens (tertiary/aromatic N) is 5. The van der Waals surface area contributed by atoms with Gasteiger partial charge in [-0.2, -0.15) is 9.97 Å². The molecule has 4 aromatic rings. The van der Waals surface area contributed by atoms with Crippen LogP contribution < -0.4 is 16.7 Å². The van der Waals surface area contributed by atoms with E-state index in [4.69, 9.17) is 17.3 Å². The molecule has 6 rings (SSSR count). The van der Waals surface area contributed by atoms with E-state index in [9.17, 15) is 9.18 Å². The predicted octanol–water partition coefficient (Wildman–Crippen LogP) is 3.77. The Bertz CT molecular complexity index is 1530. The average Bonchev–Trinajstić information content (AvgIpc) is 3.55. The zero-order valence-electron chi connectivity index (χ0n) is 18.3. The number of likely N-dealkylation sites (N-methyl/N-ethyl adjacent to an activating group) is 1. The number of hydrogen-bond donors (Lipinski definition) is 2. The van der Waals surface area contributed by atoms with E-state index in [0.29, 0.717) is 16.7 Å². The Morgan fingerprint density at radius 2 is 2.00 bits per heavy atom. The van der Waals surface area contributed by atoms with Crippen LogP contribution in [0.2, 0.25) is 5.02 Å². The molecule has 8 nitrogen and oxygen atoms in total. The van der Waals surface area contributed by atoms with Gasteiger partial charge >= 0.3 is 5.69 Å². The summed E-state index contributed by atoms with van der Waals surface area (Å²) < 4.78 is 14.8. The number of fused-ring (bicyclic) bond motifs is 3. The van der Waals surface area contributed by atoms with Gasteiger partial charge in [-0.1, -0.05) is 17.7 Å². The number of rotatable bonds is 3. The molecule has 0 bridgehead atoms. The van der Waals surface area contributed by atoms with E-state index in [1.807, 2.05) is 6.07 Å². The van der Waals surface area contributed by atoms with Gasteiger partial charge in [0, 0.05) is 30.4 Å². The number of benzene rings is 2. The third kappa shape index (κ3) is 3.39. The first-order valence-corrected chi connectivity index (χ1v) is 11.3. The second-order valence-electron chi connectivity index (χ2n) is 9.09. The van der Waals surface area contributed by atoms with Crippen molar-refractivity contribution >= 4 is 40.1 Å². The monoisotopic (exact) mass is 477 g/mol. The lowest BCUT2D eigenvalue weighted by Crippen LogP contribution is -2.35. The molecular formula is C24H21ClFN7O. The minimum Gasteiger partial charge on any atom is -0.384 e. The standard InChI is InChI=1S/C24H21ClFN7O/c1-32-11-13-8-15(3-4-17(13)24(12-32)6-7-24)29-22-28-10-16-20(27)33(23(34)31-21(16)30-22)19-9-14(26)2-5-18(19)25/h2-5,8-10H,6-7,11-12,27H2,1H3,(H,29,30,31,34). The molecule has 1 aliphatic heterocycles. The van der Waals surface area contributed by atoms with Crippen molar-refractivity contribution in [1.82, 2.24) is 24.4 Å². The molecule has 0 unspecified atom stereocenters. The molecule has 0 saturated heterocycles. The summed E-state index contributed by atoms with van der Waals surface area (Å²) in [6, 6.07) is 10.0. The third-order valence-corrected chi connectivity index (χ3v) is 6.95. The minimum atomic E-state index is -0.714. The van der Waals surface area contributed by atoms with Gasteiger partial charge in [-0.05, 0) is 61.3 Å². The second kappa shape index (κ2) is 7.48. The lowest BCUT2D eigenvalue weighted by molar-refractivity contribution is 0.271. The number of nitrogens with one attached hydrogen (secondary N) is 1. The van der Waals surface area contributed by atoms with Crippen LogP contribution in [-0.4, -0.2) is 38.0 Å². The van der Waals surface area contributed by atoms with Crippen LogP contribution in [0.4, 0.5) is 21.8 Å².